The van der Waals surface area contributed by atoms with E-state index in [0.717, 1.165) is 0 Å². The summed E-state index contributed by atoms with van der Waals surface area (Å²) in [6.45, 7) is 5.77. The number of hydrogen-bond donors (Lipinski definition) is 3. The van der Waals surface area contributed by atoms with E-state index in [-0.39, 0.29) is 12.4 Å². The van der Waals surface area contributed by atoms with Gasteiger partial charge < -0.3 is 25.1 Å². The number of imidazole rings is 1. The minimum atomic E-state index is -1.95. The number of hydrogen-bond acceptors (Lipinski definition) is 8. The van der Waals surface area contributed by atoms with Crippen molar-refractivity contribution in [2.24, 2.45) is 0 Å². The fourth-order valence-corrected chi connectivity index (χ4v) is 3.76. The lowest BCUT2D eigenvalue weighted by molar-refractivity contribution is -0.0493. The first-order valence-corrected chi connectivity index (χ1v) is 10.8. The third kappa shape index (κ3) is 2.95. The molecule has 2 aromatic heterocycles. The topological polar surface area (TPSA) is 129 Å². The zero-order valence-corrected chi connectivity index (χ0v) is 14.2. The highest BCUT2D eigenvalue weighted by atomic mass is 28.4. The van der Waals surface area contributed by atoms with Crippen molar-refractivity contribution >= 4 is 25.3 Å². The second-order valence-corrected chi connectivity index (χ2v) is 11.0. The van der Waals surface area contributed by atoms with Gasteiger partial charge in [-0.25, -0.2) is 15.0 Å². The van der Waals surface area contributed by atoms with E-state index in [2.05, 4.69) is 15.0 Å². The molecule has 3 heterocycles. The average Bonchev–Trinajstić information content (AvgIpc) is 3.01. The van der Waals surface area contributed by atoms with Gasteiger partial charge in [-0.2, -0.15) is 0 Å². The first-order valence-electron chi connectivity index (χ1n) is 7.37. The minimum Gasteiger partial charge on any atom is -0.407 e. The van der Waals surface area contributed by atoms with Gasteiger partial charge >= 0.3 is 0 Å². The fourth-order valence-electron chi connectivity index (χ4n) is 2.68. The van der Waals surface area contributed by atoms with Gasteiger partial charge in [-0.3, -0.25) is 4.57 Å². The number of nitrogens with zero attached hydrogens (tertiary/aromatic N) is 4. The highest BCUT2D eigenvalue weighted by Gasteiger charge is 2.47. The van der Waals surface area contributed by atoms with Crippen molar-refractivity contribution in [2.45, 2.75) is 44.2 Å². The number of aliphatic hydroxyl groups is 2. The van der Waals surface area contributed by atoms with E-state index in [0.29, 0.717) is 11.2 Å². The van der Waals surface area contributed by atoms with Gasteiger partial charge in [0.1, 0.15) is 30.2 Å². The maximum Gasteiger partial charge on any atom is 0.184 e. The largest absolute Gasteiger partial charge is 0.407 e. The zero-order valence-electron chi connectivity index (χ0n) is 13.2. The van der Waals surface area contributed by atoms with Gasteiger partial charge in [-0.15, -0.1) is 0 Å². The summed E-state index contributed by atoms with van der Waals surface area (Å²) in [6.07, 6.45) is -0.0426. The SMILES string of the molecule is C[Si](C)(C)O[C@@H]1[C@H](O)[C@@H](CO)O[C@H]1n1cnc2c(N)ncnc21. The molecular formula is C13H21N5O4Si. The van der Waals surface area contributed by atoms with Crippen molar-refractivity contribution in [3.63, 3.8) is 0 Å². The number of nitrogen functional groups attached to an aromatic ring is 1. The van der Waals surface area contributed by atoms with Crippen LogP contribution in [0.15, 0.2) is 12.7 Å². The average molecular weight is 339 g/mol. The van der Waals surface area contributed by atoms with Gasteiger partial charge in [-0.1, -0.05) is 0 Å². The summed E-state index contributed by atoms with van der Waals surface area (Å²) in [6, 6.07) is 0. The van der Waals surface area contributed by atoms with Crippen molar-refractivity contribution in [2.75, 3.05) is 12.3 Å². The summed E-state index contributed by atoms with van der Waals surface area (Å²) in [5.74, 6) is 0.272. The van der Waals surface area contributed by atoms with Crippen LogP contribution in [0, 0.1) is 0 Å². The predicted molar refractivity (Wildman–Crippen MR) is 85.0 cm³/mol. The fraction of sp³-hybridized carbons (Fsp3) is 0.615. The number of ether oxygens (including phenoxy) is 1. The molecule has 1 saturated heterocycles. The Balaban J connectivity index is 2.02. The molecule has 4 N–H and O–H groups in total. The molecule has 10 heteroatoms. The molecule has 1 fully saturated rings. The summed E-state index contributed by atoms with van der Waals surface area (Å²) in [5.41, 5.74) is 6.76. The molecule has 126 valence electrons. The Kier molecular flexibility index (Phi) is 4.10. The van der Waals surface area contributed by atoms with Gasteiger partial charge in [-0.05, 0) is 19.6 Å². The van der Waals surface area contributed by atoms with Crippen LogP contribution in [0.1, 0.15) is 6.23 Å². The summed E-state index contributed by atoms with van der Waals surface area (Å²) in [5, 5.41) is 19.9. The van der Waals surface area contributed by atoms with Crippen molar-refractivity contribution in [3.05, 3.63) is 12.7 Å². The predicted octanol–water partition coefficient (Wildman–Crippen LogP) is -0.121. The standard InChI is InChI=1S/C13H21N5O4Si/c1-23(2,3)22-10-9(20)7(4-19)21-13(10)18-6-17-8-11(14)15-5-16-12(8)18/h5-7,9-10,13,19-20H,4H2,1-3H3,(H2,14,15,16)/t7-,9-,10-,13-/m1/s1. The van der Waals surface area contributed by atoms with Crippen LogP contribution in [0.2, 0.25) is 19.6 Å². The Morgan fingerprint density at radius 3 is 2.74 bits per heavy atom. The normalized spacial score (nSPS) is 28.6. The van der Waals surface area contributed by atoms with Crippen LogP contribution in [0.4, 0.5) is 5.82 Å². The molecule has 0 amide bonds. The Bertz CT molecular complexity index is 703. The summed E-state index contributed by atoms with van der Waals surface area (Å²) >= 11 is 0. The lowest BCUT2D eigenvalue weighted by Gasteiger charge is -2.28. The van der Waals surface area contributed by atoms with Gasteiger partial charge in [0, 0.05) is 0 Å². The maximum absolute atomic E-state index is 10.4. The van der Waals surface area contributed by atoms with Crippen molar-refractivity contribution in [1.29, 1.82) is 0 Å². The molecule has 23 heavy (non-hydrogen) atoms. The Morgan fingerprint density at radius 2 is 2.09 bits per heavy atom. The monoisotopic (exact) mass is 339 g/mol. The van der Waals surface area contributed by atoms with Crippen LogP contribution in [-0.4, -0.2) is 63.0 Å². The molecule has 4 atom stereocenters. The number of aromatic nitrogens is 4. The Morgan fingerprint density at radius 1 is 1.35 bits per heavy atom. The van der Waals surface area contributed by atoms with E-state index in [1.807, 2.05) is 19.6 Å². The zero-order chi connectivity index (χ0) is 16.8. The molecule has 0 unspecified atom stereocenters. The third-order valence-electron chi connectivity index (χ3n) is 3.64. The van der Waals surface area contributed by atoms with Crippen LogP contribution >= 0.6 is 0 Å². The molecule has 0 aliphatic carbocycles. The molecule has 1 aliphatic rings. The molecule has 9 nitrogen and oxygen atoms in total. The number of aliphatic hydroxyl groups excluding tert-OH is 2. The molecule has 2 aromatic rings. The second kappa shape index (κ2) is 5.80. The molecule has 0 saturated carbocycles. The van der Waals surface area contributed by atoms with E-state index < -0.39 is 32.9 Å². The van der Waals surface area contributed by atoms with Crippen LogP contribution in [-0.2, 0) is 9.16 Å². The molecule has 0 aromatic carbocycles. The molecule has 1 aliphatic heterocycles. The first kappa shape index (κ1) is 16.3. The van der Waals surface area contributed by atoms with E-state index in [1.54, 1.807) is 4.57 Å². The quantitative estimate of drug-likeness (QED) is 0.658. The summed E-state index contributed by atoms with van der Waals surface area (Å²) in [4.78, 5) is 12.3. The van der Waals surface area contributed by atoms with Crippen molar-refractivity contribution < 1.29 is 19.4 Å². The van der Waals surface area contributed by atoms with Gasteiger partial charge in [0.15, 0.2) is 26.0 Å². The number of rotatable bonds is 4. The van der Waals surface area contributed by atoms with Crippen molar-refractivity contribution in [3.8, 4) is 0 Å². The second-order valence-electron chi connectivity index (χ2n) is 6.52. The lowest BCUT2D eigenvalue weighted by atomic mass is 10.1. The lowest BCUT2D eigenvalue weighted by Crippen LogP contribution is -2.42. The number of fused-ring (bicyclic) bond motifs is 1. The smallest absolute Gasteiger partial charge is 0.184 e. The number of anilines is 1. The highest BCUT2D eigenvalue weighted by molar-refractivity contribution is 6.69. The third-order valence-corrected chi connectivity index (χ3v) is 4.62. The molecule has 0 radical (unpaired) electrons. The van der Waals surface area contributed by atoms with Crippen LogP contribution in [0.25, 0.3) is 11.2 Å². The summed E-state index contributed by atoms with van der Waals surface area (Å²) < 4.78 is 13.5. The van der Waals surface area contributed by atoms with Crippen molar-refractivity contribution in [1.82, 2.24) is 19.5 Å². The Hall–Kier alpha value is -1.59. The first-order chi connectivity index (χ1) is 10.8. The van der Waals surface area contributed by atoms with Crippen LogP contribution in [0.5, 0.6) is 0 Å². The summed E-state index contributed by atoms with van der Waals surface area (Å²) in [7, 11) is -1.95. The molecule has 0 bridgehead atoms. The van der Waals surface area contributed by atoms with E-state index in [9.17, 15) is 10.2 Å². The highest BCUT2D eigenvalue weighted by Crippen LogP contribution is 2.35. The van der Waals surface area contributed by atoms with Crippen LogP contribution < -0.4 is 5.73 Å². The van der Waals surface area contributed by atoms with Gasteiger partial charge in [0.25, 0.3) is 0 Å². The molecule has 3 rings (SSSR count). The van der Waals surface area contributed by atoms with Crippen LogP contribution in [0.3, 0.4) is 0 Å². The Labute approximate surface area is 134 Å². The van der Waals surface area contributed by atoms with Gasteiger partial charge in [0.05, 0.1) is 12.9 Å². The van der Waals surface area contributed by atoms with E-state index in [4.69, 9.17) is 14.9 Å². The molecule has 0 spiro atoms. The van der Waals surface area contributed by atoms with E-state index >= 15 is 0 Å². The maximum atomic E-state index is 10.4. The number of nitrogens with two attached hydrogens (primary N) is 1. The molecular weight excluding hydrogens is 318 g/mol. The minimum absolute atomic E-state index is 0.272. The van der Waals surface area contributed by atoms with E-state index in [1.165, 1.54) is 12.7 Å². The van der Waals surface area contributed by atoms with Gasteiger partial charge in [0.2, 0.25) is 0 Å².